The van der Waals surface area contributed by atoms with Crippen LogP contribution in [-0.4, -0.2) is 41.7 Å². The molecule has 5 heteroatoms. The topological polar surface area (TPSA) is 75.8 Å². The fourth-order valence-electron chi connectivity index (χ4n) is 4.68. The molecule has 5 nitrogen and oxygen atoms in total. The summed E-state index contributed by atoms with van der Waals surface area (Å²) in [5.41, 5.74) is 9.92. The SMILES string of the molecule is Cc1ccc2c(c1O)C[C@@H](C1CCN(C(=O)Cc3ccccc3)CC1)O[C@H]2CN. The predicted octanol–water partition coefficient (Wildman–Crippen LogP) is 3.12. The van der Waals surface area contributed by atoms with Crippen LogP contribution in [0.4, 0.5) is 0 Å². The molecular formula is C24H30N2O3. The average molecular weight is 395 g/mol. The van der Waals surface area contributed by atoms with E-state index in [-0.39, 0.29) is 18.1 Å². The van der Waals surface area contributed by atoms with Crippen LogP contribution >= 0.6 is 0 Å². The van der Waals surface area contributed by atoms with Gasteiger partial charge in [-0.25, -0.2) is 0 Å². The van der Waals surface area contributed by atoms with Crippen molar-refractivity contribution in [2.24, 2.45) is 11.7 Å². The summed E-state index contributed by atoms with van der Waals surface area (Å²) in [7, 11) is 0. The van der Waals surface area contributed by atoms with E-state index >= 15 is 0 Å². The molecule has 2 aliphatic rings. The monoisotopic (exact) mass is 394 g/mol. The number of hydrogen-bond donors (Lipinski definition) is 2. The van der Waals surface area contributed by atoms with Crippen molar-refractivity contribution in [3.63, 3.8) is 0 Å². The molecule has 0 bridgehead atoms. The van der Waals surface area contributed by atoms with Gasteiger partial charge in [0.2, 0.25) is 5.91 Å². The molecule has 2 heterocycles. The maximum absolute atomic E-state index is 12.6. The summed E-state index contributed by atoms with van der Waals surface area (Å²) < 4.78 is 6.35. The quantitative estimate of drug-likeness (QED) is 0.835. The Bertz CT molecular complexity index is 860. The summed E-state index contributed by atoms with van der Waals surface area (Å²) in [6, 6.07) is 13.9. The second kappa shape index (κ2) is 8.56. The van der Waals surface area contributed by atoms with Gasteiger partial charge in [0.25, 0.3) is 0 Å². The number of piperidine rings is 1. The zero-order valence-corrected chi connectivity index (χ0v) is 17.0. The number of nitrogens with zero attached hydrogens (tertiary/aromatic N) is 1. The number of aryl methyl sites for hydroxylation is 1. The van der Waals surface area contributed by atoms with Crippen LogP contribution in [0.15, 0.2) is 42.5 Å². The summed E-state index contributed by atoms with van der Waals surface area (Å²) in [6.07, 6.45) is 2.88. The zero-order chi connectivity index (χ0) is 20.4. The number of fused-ring (bicyclic) bond motifs is 1. The lowest BCUT2D eigenvalue weighted by atomic mass is 9.83. The minimum absolute atomic E-state index is 0.0372. The number of benzene rings is 2. The van der Waals surface area contributed by atoms with E-state index in [4.69, 9.17) is 10.5 Å². The number of nitrogens with two attached hydrogens (primary N) is 1. The number of likely N-dealkylation sites (tertiary alicyclic amines) is 1. The summed E-state index contributed by atoms with van der Waals surface area (Å²) in [5, 5.41) is 10.6. The third-order valence-electron chi connectivity index (χ3n) is 6.44. The van der Waals surface area contributed by atoms with E-state index in [2.05, 4.69) is 0 Å². The van der Waals surface area contributed by atoms with Crippen molar-refractivity contribution < 1.29 is 14.6 Å². The number of hydrogen-bond acceptors (Lipinski definition) is 4. The number of amides is 1. The van der Waals surface area contributed by atoms with Crippen molar-refractivity contribution in [2.45, 2.75) is 44.8 Å². The molecule has 154 valence electrons. The van der Waals surface area contributed by atoms with Gasteiger partial charge >= 0.3 is 0 Å². The Kier molecular flexibility index (Phi) is 5.88. The molecule has 0 saturated carbocycles. The van der Waals surface area contributed by atoms with Crippen molar-refractivity contribution in [1.29, 1.82) is 0 Å². The van der Waals surface area contributed by atoms with Gasteiger partial charge in [-0.2, -0.15) is 0 Å². The van der Waals surface area contributed by atoms with Crippen LogP contribution in [0.3, 0.4) is 0 Å². The van der Waals surface area contributed by atoms with Crippen molar-refractivity contribution >= 4 is 5.91 Å². The Morgan fingerprint density at radius 1 is 1.17 bits per heavy atom. The van der Waals surface area contributed by atoms with E-state index in [9.17, 15) is 9.90 Å². The number of phenolic OH excluding ortho intramolecular Hbond substituents is 1. The number of phenols is 1. The molecular weight excluding hydrogens is 364 g/mol. The molecule has 0 spiro atoms. The molecule has 0 unspecified atom stereocenters. The molecule has 1 fully saturated rings. The third-order valence-corrected chi connectivity index (χ3v) is 6.44. The highest BCUT2D eigenvalue weighted by atomic mass is 16.5. The van der Waals surface area contributed by atoms with Crippen LogP contribution in [-0.2, 0) is 22.4 Å². The molecule has 0 aliphatic carbocycles. The lowest BCUT2D eigenvalue weighted by Crippen LogP contribution is -2.44. The lowest BCUT2D eigenvalue weighted by Gasteiger charge is -2.40. The number of carbonyl (C=O) groups excluding carboxylic acids is 1. The second-order valence-electron chi connectivity index (χ2n) is 8.28. The Morgan fingerprint density at radius 3 is 2.59 bits per heavy atom. The van der Waals surface area contributed by atoms with Crippen LogP contribution in [0.25, 0.3) is 0 Å². The minimum Gasteiger partial charge on any atom is -0.507 e. The second-order valence-corrected chi connectivity index (χ2v) is 8.28. The molecule has 2 aromatic rings. The maximum Gasteiger partial charge on any atom is 0.226 e. The van der Waals surface area contributed by atoms with Gasteiger partial charge in [0.05, 0.1) is 18.6 Å². The first-order valence-corrected chi connectivity index (χ1v) is 10.6. The lowest BCUT2D eigenvalue weighted by molar-refractivity contribution is -0.133. The average Bonchev–Trinajstić information content (AvgIpc) is 2.76. The van der Waals surface area contributed by atoms with E-state index < -0.39 is 0 Å². The molecule has 0 aromatic heterocycles. The summed E-state index contributed by atoms with van der Waals surface area (Å²) in [6.45, 7) is 3.85. The maximum atomic E-state index is 12.6. The smallest absolute Gasteiger partial charge is 0.226 e. The van der Waals surface area contributed by atoms with E-state index in [0.29, 0.717) is 31.1 Å². The van der Waals surface area contributed by atoms with Crippen molar-refractivity contribution in [3.8, 4) is 5.75 Å². The normalized spacial score (nSPS) is 22.3. The summed E-state index contributed by atoms with van der Waals surface area (Å²) >= 11 is 0. The van der Waals surface area contributed by atoms with Gasteiger partial charge in [-0.15, -0.1) is 0 Å². The van der Waals surface area contributed by atoms with Crippen molar-refractivity contribution in [2.75, 3.05) is 19.6 Å². The Hall–Kier alpha value is -2.37. The summed E-state index contributed by atoms with van der Waals surface area (Å²) in [4.78, 5) is 14.6. The number of rotatable bonds is 4. The Morgan fingerprint density at radius 2 is 1.90 bits per heavy atom. The van der Waals surface area contributed by atoms with E-state index in [1.165, 1.54) is 0 Å². The molecule has 3 N–H and O–H groups in total. The summed E-state index contributed by atoms with van der Waals surface area (Å²) in [5.74, 6) is 0.945. The van der Waals surface area contributed by atoms with Gasteiger partial charge in [-0.1, -0.05) is 42.5 Å². The van der Waals surface area contributed by atoms with Crippen molar-refractivity contribution in [1.82, 2.24) is 4.90 Å². The van der Waals surface area contributed by atoms with Crippen LogP contribution in [0, 0.1) is 12.8 Å². The van der Waals surface area contributed by atoms with Gasteiger partial charge in [0.15, 0.2) is 0 Å². The minimum atomic E-state index is -0.173. The van der Waals surface area contributed by atoms with E-state index in [0.717, 1.165) is 48.2 Å². The van der Waals surface area contributed by atoms with Crippen LogP contribution in [0.1, 0.15) is 41.2 Å². The molecule has 4 rings (SSSR count). The van der Waals surface area contributed by atoms with Gasteiger partial charge < -0.3 is 20.5 Å². The van der Waals surface area contributed by atoms with Crippen LogP contribution in [0.2, 0.25) is 0 Å². The Balaban J connectivity index is 1.40. The van der Waals surface area contributed by atoms with Gasteiger partial charge in [0, 0.05) is 31.6 Å². The third kappa shape index (κ3) is 4.16. The molecule has 2 aromatic carbocycles. The number of ether oxygens (including phenoxy) is 1. The first kappa shape index (κ1) is 19.9. The van der Waals surface area contributed by atoms with Gasteiger partial charge in [0.1, 0.15) is 5.75 Å². The first-order chi connectivity index (χ1) is 14.1. The molecule has 2 atom stereocenters. The Labute approximate surface area is 172 Å². The zero-order valence-electron chi connectivity index (χ0n) is 17.0. The number of carbonyl (C=O) groups is 1. The highest BCUT2D eigenvalue weighted by Gasteiger charge is 2.36. The van der Waals surface area contributed by atoms with Crippen LogP contribution in [0.5, 0.6) is 5.75 Å². The molecule has 1 amide bonds. The fraction of sp³-hybridized carbons (Fsp3) is 0.458. The van der Waals surface area contributed by atoms with Crippen molar-refractivity contribution in [3.05, 3.63) is 64.7 Å². The largest absolute Gasteiger partial charge is 0.507 e. The molecule has 29 heavy (non-hydrogen) atoms. The van der Waals surface area contributed by atoms with E-state index in [1.807, 2.05) is 54.3 Å². The molecule has 0 radical (unpaired) electrons. The van der Waals surface area contributed by atoms with Crippen LogP contribution < -0.4 is 5.73 Å². The highest BCUT2D eigenvalue weighted by Crippen LogP contribution is 2.40. The first-order valence-electron chi connectivity index (χ1n) is 10.6. The standard InChI is InChI=1S/C24H30N2O3/c1-16-7-8-19-20(24(16)28)14-21(29-22(19)15-25)18-9-11-26(12-10-18)23(27)13-17-5-3-2-4-6-17/h2-8,18,21-22,28H,9-15,25H2,1H3/t21-,22-/m0/s1. The molecule has 2 aliphatic heterocycles. The number of aromatic hydroxyl groups is 1. The molecule has 1 saturated heterocycles. The van der Waals surface area contributed by atoms with Gasteiger partial charge in [-0.3, -0.25) is 4.79 Å². The van der Waals surface area contributed by atoms with E-state index in [1.54, 1.807) is 0 Å². The predicted molar refractivity (Wildman–Crippen MR) is 113 cm³/mol. The highest BCUT2D eigenvalue weighted by molar-refractivity contribution is 5.78. The van der Waals surface area contributed by atoms with Gasteiger partial charge in [-0.05, 0) is 42.4 Å². The fourth-order valence-corrected chi connectivity index (χ4v) is 4.68.